The summed E-state index contributed by atoms with van der Waals surface area (Å²) in [6.07, 6.45) is 2.73. The number of piperidine rings is 1. The summed E-state index contributed by atoms with van der Waals surface area (Å²) in [5.41, 5.74) is 2.18. The summed E-state index contributed by atoms with van der Waals surface area (Å²) >= 11 is 1.67. The van der Waals surface area contributed by atoms with E-state index in [1.54, 1.807) is 11.3 Å². The Balaban J connectivity index is 1.31. The maximum atomic E-state index is 12.8. The van der Waals surface area contributed by atoms with Crippen LogP contribution < -0.4 is 19.7 Å². The number of thiazole rings is 1. The van der Waals surface area contributed by atoms with Gasteiger partial charge in [0, 0.05) is 19.6 Å². The van der Waals surface area contributed by atoms with E-state index in [0.29, 0.717) is 26.3 Å². The largest absolute Gasteiger partial charge is 0.494 e. The smallest absolute Gasteiger partial charge is 0.224 e. The summed E-state index contributed by atoms with van der Waals surface area (Å²) in [6, 6.07) is 14.1. The second-order valence-corrected chi connectivity index (χ2v) is 8.97. The van der Waals surface area contributed by atoms with Gasteiger partial charge in [-0.15, -0.1) is 0 Å². The Morgan fingerprint density at radius 2 is 1.88 bits per heavy atom. The van der Waals surface area contributed by atoms with Crippen molar-refractivity contribution >= 4 is 32.6 Å². The zero-order valence-electron chi connectivity index (χ0n) is 18.8. The lowest BCUT2D eigenvalue weighted by Gasteiger charge is -2.31. The highest BCUT2D eigenvalue weighted by Gasteiger charge is 2.27. The van der Waals surface area contributed by atoms with Crippen LogP contribution in [0, 0.1) is 5.92 Å². The first-order chi connectivity index (χ1) is 15.7. The van der Waals surface area contributed by atoms with E-state index in [9.17, 15) is 4.79 Å². The fraction of sp³-hybridized carbons (Fsp3) is 0.440. The zero-order valence-corrected chi connectivity index (χ0v) is 19.6. The number of rotatable bonds is 9. The van der Waals surface area contributed by atoms with E-state index in [1.165, 1.54) is 5.56 Å². The average molecular weight is 454 g/mol. The number of carbonyl (C=O) groups excluding carboxylic acids is 1. The second-order valence-electron chi connectivity index (χ2n) is 7.96. The molecule has 2 heterocycles. The van der Waals surface area contributed by atoms with Crippen LogP contribution in [0.1, 0.15) is 32.3 Å². The molecule has 1 saturated heterocycles. The lowest BCUT2D eigenvalue weighted by atomic mass is 9.97. The number of ether oxygens (including phenoxy) is 2. The van der Waals surface area contributed by atoms with Crippen LogP contribution in [-0.4, -0.2) is 43.7 Å². The van der Waals surface area contributed by atoms with Gasteiger partial charge < -0.3 is 19.7 Å². The SMILES string of the molecule is CCOc1ccc(CCNC(=O)C2CCCN(c3nc4ccc(OCC)cc4s3)C2)cc1. The summed E-state index contributed by atoms with van der Waals surface area (Å²) in [5.74, 6) is 1.89. The Labute approximate surface area is 193 Å². The second kappa shape index (κ2) is 10.7. The van der Waals surface area contributed by atoms with Crippen molar-refractivity contribution in [2.24, 2.45) is 5.92 Å². The fourth-order valence-corrected chi connectivity index (χ4v) is 5.07. The molecule has 6 nitrogen and oxygen atoms in total. The van der Waals surface area contributed by atoms with Gasteiger partial charge in [0.15, 0.2) is 5.13 Å². The fourth-order valence-electron chi connectivity index (χ4n) is 4.04. The number of aromatic nitrogens is 1. The van der Waals surface area contributed by atoms with Crippen LogP contribution in [0.2, 0.25) is 0 Å². The molecule has 3 aromatic rings. The van der Waals surface area contributed by atoms with Gasteiger partial charge in [-0.05, 0) is 69.0 Å². The third-order valence-electron chi connectivity index (χ3n) is 5.67. The van der Waals surface area contributed by atoms with E-state index in [4.69, 9.17) is 14.5 Å². The normalized spacial score (nSPS) is 16.2. The van der Waals surface area contributed by atoms with E-state index >= 15 is 0 Å². The van der Waals surface area contributed by atoms with Crippen molar-refractivity contribution in [3.8, 4) is 11.5 Å². The van der Waals surface area contributed by atoms with E-state index in [-0.39, 0.29) is 11.8 Å². The molecule has 0 aliphatic carbocycles. The molecule has 1 aliphatic heterocycles. The predicted octanol–water partition coefficient (Wildman–Crippen LogP) is 4.67. The number of benzene rings is 2. The summed E-state index contributed by atoms with van der Waals surface area (Å²) in [7, 11) is 0. The molecule has 1 aromatic heterocycles. The average Bonchev–Trinajstić information content (AvgIpc) is 3.24. The van der Waals surface area contributed by atoms with Crippen LogP contribution in [0.5, 0.6) is 11.5 Å². The Hall–Kier alpha value is -2.80. The van der Waals surface area contributed by atoms with E-state index < -0.39 is 0 Å². The molecule has 7 heteroatoms. The van der Waals surface area contributed by atoms with E-state index in [2.05, 4.69) is 28.4 Å². The molecule has 1 fully saturated rings. The van der Waals surface area contributed by atoms with Crippen LogP contribution in [-0.2, 0) is 11.2 Å². The van der Waals surface area contributed by atoms with Crippen molar-refractivity contribution < 1.29 is 14.3 Å². The third kappa shape index (κ3) is 5.51. The summed E-state index contributed by atoms with van der Waals surface area (Å²) in [6.45, 7) is 7.58. The molecule has 32 heavy (non-hydrogen) atoms. The van der Waals surface area contributed by atoms with Crippen LogP contribution in [0.3, 0.4) is 0 Å². The Kier molecular flexibility index (Phi) is 7.47. The summed E-state index contributed by atoms with van der Waals surface area (Å²) in [5, 5.41) is 4.12. The monoisotopic (exact) mass is 453 g/mol. The number of amides is 1. The lowest BCUT2D eigenvalue weighted by Crippen LogP contribution is -2.43. The van der Waals surface area contributed by atoms with Crippen molar-refractivity contribution in [3.05, 3.63) is 48.0 Å². The van der Waals surface area contributed by atoms with Gasteiger partial charge >= 0.3 is 0 Å². The highest BCUT2D eigenvalue weighted by molar-refractivity contribution is 7.22. The standard InChI is InChI=1S/C25H31N3O3S/c1-3-30-20-9-7-18(8-10-20)13-14-26-24(29)19-6-5-15-28(17-19)25-27-22-12-11-21(31-4-2)16-23(22)32-25/h7-12,16,19H,3-6,13-15,17H2,1-2H3,(H,26,29). The number of nitrogens with one attached hydrogen (secondary N) is 1. The minimum absolute atomic E-state index is 0.00456. The molecule has 2 aromatic carbocycles. The molecular formula is C25H31N3O3S. The molecule has 0 bridgehead atoms. The van der Waals surface area contributed by atoms with E-state index in [0.717, 1.165) is 52.7 Å². The molecule has 0 radical (unpaired) electrons. The van der Waals surface area contributed by atoms with Gasteiger partial charge in [-0.25, -0.2) is 4.98 Å². The number of hydrogen-bond acceptors (Lipinski definition) is 6. The molecule has 0 saturated carbocycles. The van der Waals surface area contributed by atoms with Gasteiger partial charge in [0.1, 0.15) is 11.5 Å². The quantitative estimate of drug-likeness (QED) is 0.510. The number of fused-ring (bicyclic) bond motifs is 1. The molecule has 170 valence electrons. The Morgan fingerprint density at radius 3 is 2.66 bits per heavy atom. The van der Waals surface area contributed by atoms with Crippen molar-refractivity contribution in [2.75, 3.05) is 37.7 Å². The number of hydrogen-bond donors (Lipinski definition) is 1. The molecule has 1 unspecified atom stereocenters. The number of nitrogens with zero attached hydrogens (tertiary/aromatic N) is 2. The molecule has 1 amide bonds. The maximum absolute atomic E-state index is 12.8. The van der Waals surface area contributed by atoms with Crippen LogP contribution >= 0.6 is 11.3 Å². The molecule has 4 rings (SSSR count). The first-order valence-electron chi connectivity index (χ1n) is 11.4. The molecule has 1 aliphatic rings. The van der Waals surface area contributed by atoms with Crippen molar-refractivity contribution in [1.29, 1.82) is 0 Å². The van der Waals surface area contributed by atoms with Crippen molar-refractivity contribution in [2.45, 2.75) is 33.1 Å². The summed E-state index contributed by atoms with van der Waals surface area (Å²) < 4.78 is 12.2. The van der Waals surface area contributed by atoms with Gasteiger partial charge in [0.2, 0.25) is 5.91 Å². The van der Waals surface area contributed by atoms with Gasteiger partial charge in [-0.3, -0.25) is 4.79 Å². The minimum atomic E-state index is -0.00456. The molecule has 0 spiro atoms. The first-order valence-corrected chi connectivity index (χ1v) is 12.3. The van der Waals surface area contributed by atoms with Gasteiger partial charge in [0.25, 0.3) is 0 Å². The van der Waals surface area contributed by atoms with Crippen molar-refractivity contribution in [1.82, 2.24) is 10.3 Å². The maximum Gasteiger partial charge on any atom is 0.224 e. The predicted molar refractivity (Wildman–Crippen MR) is 130 cm³/mol. The van der Waals surface area contributed by atoms with Crippen LogP contribution in [0.25, 0.3) is 10.2 Å². The third-order valence-corrected chi connectivity index (χ3v) is 6.75. The number of carbonyl (C=O) groups is 1. The highest BCUT2D eigenvalue weighted by Crippen LogP contribution is 2.33. The lowest BCUT2D eigenvalue weighted by molar-refractivity contribution is -0.125. The van der Waals surface area contributed by atoms with Gasteiger partial charge in [-0.2, -0.15) is 0 Å². The Morgan fingerprint density at radius 1 is 1.12 bits per heavy atom. The zero-order chi connectivity index (χ0) is 22.3. The molecule has 1 N–H and O–H groups in total. The minimum Gasteiger partial charge on any atom is -0.494 e. The van der Waals surface area contributed by atoms with Crippen LogP contribution in [0.15, 0.2) is 42.5 Å². The summed E-state index contributed by atoms with van der Waals surface area (Å²) in [4.78, 5) is 19.9. The highest BCUT2D eigenvalue weighted by atomic mass is 32.1. The van der Waals surface area contributed by atoms with Crippen LogP contribution in [0.4, 0.5) is 5.13 Å². The van der Waals surface area contributed by atoms with Gasteiger partial charge in [-0.1, -0.05) is 23.5 Å². The molecular weight excluding hydrogens is 422 g/mol. The number of anilines is 1. The topological polar surface area (TPSA) is 63.7 Å². The molecule has 1 atom stereocenters. The Bertz CT molecular complexity index is 1030. The first kappa shape index (κ1) is 22.4. The van der Waals surface area contributed by atoms with E-state index in [1.807, 2.05) is 38.1 Å². The van der Waals surface area contributed by atoms with Gasteiger partial charge in [0.05, 0.1) is 29.3 Å². The van der Waals surface area contributed by atoms with Crippen molar-refractivity contribution in [3.63, 3.8) is 0 Å².